The van der Waals surface area contributed by atoms with Crippen LogP contribution in [0.5, 0.6) is 5.75 Å². The molecule has 4 aromatic rings. The molecule has 9 nitrogen and oxygen atoms in total. The van der Waals surface area contributed by atoms with Gasteiger partial charge in [0.05, 0.1) is 23.1 Å². The molecule has 2 N–H and O–H groups in total. The number of ketones is 1. The number of benzene rings is 3. The number of ether oxygens (including phenoxy) is 1. The molecule has 0 atom stereocenters. The second-order valence-corrected chi connectivity index (χ2v) is 8.46. The molecular formula is C29H22N2O7. The van der Waals surface area contributed by atoms with Crippen LogP contribution in [0.2, 0.25) is 0 Å². The lowest BCUT2D eigenvalue weighted by Crippen LogP contribution is -2.12. The van der Waals surface area contributed by atoms with Gasteiger partial charge in [-0.15, -0.1) is 0 Å². The lowest BCUT2D eigenvalue weighted by atomic mass is 10.0. The number of carbonyl (C=O) groups excluding carboxylic acids is 2. The van der Waals surface area contributed by atoms with Crippen LogP contribution in [0.15, 0.2) is 66.2 Å². The number of carboxylic acid groups (broad SMARTS) is 2. The number of hydrogen-bond acceptors (Lipinski definition) is 6. The molecule has 0 bridgehead atoms. The van der Waals surface area contributed by atoms with Crippen LogP contribution in [0.25, 0.3) is 27.9 Å². The normalized spacial score (nSPS) is 11.3. The monoisotopic (exact) mass is 510 g/mol. The van der Waals surface area contributed by atoms with E-state index in [1.54, 1.807) is 0 Å². The van der Waals surface area contributed by atoms with Crippen LogP contribution in [-0.4, -0.2) is 38.5 Å². The summed E-state index contributed by atoms with van der Waals surface area (Å²) in [4.78, 5) is 47.4. The van der Waals surface area contributed by atoms with Crippen LogP contribution in [0.4, 0.5) is 0 Å². The Bertz CT molecular complexity index is 1660. The molecule has 0 aliphatic rings. The summed E-state index contributed by atoms with van der Waals surface area (Å²) in [5.41, 5.74) is 1.94. The molecule has 38 heavy (non-hydrogen) atoms. The molecule has 0 aliphatic heterocycles. The van der Waals surface area contributed by atoms with Crippen molar-refractivity contribution in [2.75, 3.05) is 0 Å². The van der Waals surface area contributed by atoms with Gasteiger partial charge in [0.25, 0.3) is 0 Å². The highest BCUT2D eigenvalue weighted by Crippen LogP contribution is 2.30. The van der Waals surface area contributed by atoms with E-state index in [2.05, 4.69) is 11.5 Å². The fourth-order valence-corrected chi connectivity index (χ4v) is 4.28. The van der Waals surface area contributed by atoms with E-state index >= 15 is 0 Å². The summed E-state index contributed by atoms with van der Waals surface area (Å²) in [6, 6.07) is 18.5. The van der Waals surface area contributed by atoms with Crippen LogP contribution in [0, 0.1) is 11.3 Å². The highest BCUT2D eigenvalue weighted by Gasteiger charge is 2.17. The number of hydrogen-bond donors (Lipinski definition) is 2. The average molecular weight is 511 g/mol. The summed E-state index contributed by atoms with van der Waals surface area (Å²) < 4.78 is 7.24. The number of para-hydroxylation sites is 1. The third-order valence-corrected chi connectivity index (χ3v) is 6.03. The van der Waals surface area contributed by atoms with Crippen LogP contribution < -0.4 is 4.74 Å². The van der Waals surface area contributed by atoms with E-state index in [9.17, 15) is 24.4 Å². The first-order valence-corrected chi connectivity index (χ1v) is 11.7. The van der Waals surface area contributed by atoms with Gasteiger partial charge in [0.15, 0.2) is 5.78 Å². The van der Waals surface area contributed by atoms with Gasteiger partial charge >= 0.3 is 17.9 Å². The number of carbonyl (C=O) groups is 4. The van der Waals surface area contributed by atoms with Gasteiger partial charge < -0.3 is 19.5 Å². The van der Waals surface area contributed by atoms with Crippen molar-refractivity contribution >= 4 is 51.6 Å². The van der Waals surface area contributed by atoms with Crippen molar-refractivity contribution in [3.8, 4) is 11.8 Å². The van der Waals surface area contributed by atoms with E-state index in [4.69, 9.17) is 14.9 Å². The molecule has 3 aromatic carbocycles. The number of allylic oxidation sites excluding steroid dienone is 1. The van der Waals surface area contributed by atoms with Crippen molar-refractivity contribution in [2.45, 2.75) is 26.3 Å². The first-order chi connectivity index (χ1) is 18.2. The van der Waals surface area contributed by atoms with Crippen molar-refractivity contribution in [1.29, 1.82) is 5.26 Å². The van der Waals surface area contributed by atoms with E-state index in [0.29, 0.717) is 5.56 Å². The maximum absolute atomic E-state index is 12.7. The van der Waals surface area contributed by atoms with Crippen molar-refractivity contribution < 1.29 is 34.1 Å². The molecule has 1 heterocycles. The summed E-state index contributed by atoms with van der Waals surface area (Å²) in [6.07, 6.45) is 0.765. The van der Waals surface area contributed by atoms with Crippen molar-refractivity contribution in [3.63, 3.8) is 0 Å². The maximum Gasteiger partial charge on any atom is 0.335 e. The lowest BCUT2D eigenvalue weighted by Gasteiger charge is -2.07. The predicted octanol–water partition coefficient (Wildman–Crippen LogP) is 5.07. The first kappa shape index (κ1) is 25.9. The summed E-state index contributed by atoms with van der Waals surface area (Å²) in [7, 11) is 0. The molecule has 4 rings (SSSR count). The van der Waals surface area contributed by atoms with Gasteiger partial charge in [0, 0.05) is 34.8 Å². The van der Waals surface area contributed by atoms with Gasteiger partial charge in [-0.05, 0) is 55.0 Å². The zero-order valence-electron chi connectivity index (χ0n) is 20.3. The number of carboxylic acids is 2. The van der Waals surface area contributed by atoms with Gasteiger partial charge in [-0.1, -0.05) is 24.3 Å². The number of aryl methyl sites for hydroxylation is 1. The van der Waals surface area contributed by atoms with E-state index in [1.807, 2.05) is 48.5 Å². The van der Waals surface area contributed by atoms with E-state index < -0.39 is 23.7 Å². The maximum atomic E-state index is 12.7. The molecule has 190 valence electrons. The standard InChI is InChI=1S/C29H22N2O7/c1-2-31-24-6-4-3-5-22(24)23-12-17(7-8-25(23)31)11-20(16-30)26(32)9-10-27(33)38-21-14-18(28(34)35)13-19(15-21)29(36)37/h3-8,11-15H,2,9-10H2,1H3,(H,34,35)(H,36,37)/b20-11+. The Morgan fingerprint density at radius 2 is 1.55 bits per heavy atom. The van der Waals surface area contributed by atoms with Gasteiger partial charge in [-0.2, -0.15) is 5.26 Å². The molecule has 9 heteroatoms. The smallest absolute Gasteiger partial charge is 0.335 e. The Morgan fingerprint density at radius 1 is 0.895 bits per heavy atom. The molecule has 0 spiro atoms. The van der Waals surface area contributed by atoms with Crippen molar-refractivity contribution in [2.24, 2.45) is 0 Å². The van der Waals surface area contributed by atoms with E-state index in [1.165, 1.54) is 6.08 Å². The van der Waals surface area contributed by atoms with Crippen molar-refractivity contribution in [1.82, 2.24) is 4.57 Å². The molecule has 0 aliphatic carbocycles. The second-order valence-electron chi connectivity index (χ2n) is 8.46. The minimum absolute atomic E-state index is 0.127. The topological polar surface area (TPSA) is 147 Å². The summed E-state index contributed by atoms with van der Waals surface area (Å²) in [6.45, 7) is 2.85. The summed E-state index contributed by atoms with van der Waals surface area (Å²) >= 11 is 0. The number of aromatic carboxylic acids is 2. The summed E-state index contributed by atoms with van der Waals surface area (Å²) in [5, 5.41) is 29.9. The SMILES string of the molecule is CCn1c2ccccc2c2cc(/C=C(\C#N)C(=O)CCC(=O)Oc3cc(C(=O)O)cc(C(=O)O)c3)ccc21. The molecule has 0 radical (unpaired) electrons. The molecule has 0 fully saturated rings. The largest absolute Gasteiger partial charge is 0.478 e. The number of esters is 1. The first-order valence-electron chi connectivity index (χ1n) is 11.7. The van der Waals surface area contributed by atoms with Gasteiger partial charge in [0.2, 0.25) is 0 Å². The van der Waals surface area contributed by atoms with Gasteiger partial charge in [-0.3, -0.25) is 9.59 Å². The van der Waals surface area contributed by atoms with Crippen LogP contribution in [-0.2, 0) is 16.1 Å². The Hall–Kier alpha value is -5.23. The number of rotatable bonds is 9. The Labute approximate surface area is 216 Å². The zero-order valence-corrected chi connectivity index (χ0v) is 20.3. The number of aromatic nitrogens is 1. The third kappa shape index (κ3) is 5.29. The number of Topliss-reactive ketones (excluding diaryl/α,β-unsaturated/α-hetero) is 1. The van der Waals surface area contributed by atoms with E-state index in [0.717, 1.165) is 46.5 Å². The third-order valence-electron chi connectivity index (χ3n) is 6.03. The van der Waals surface area contributed by atoms with Crippen LogP contribution >= 0.6 is 0 Å². The van der Waals surface area contributed by atoms with Crippen LogP contribution in [0.1, 0.15) is 46.0 Å². The predicted molar refractivity (Wildman–Crippen MR) is 139 cm³/mol. The fourth-order valence-electron chi connectivity index (χ4n) is 4.28. The molecule has 0 unspecified atom stereocenters. The average Bonchev–Trinajstić information content (AvgIpc) is 3.23. The fraction of sp³-hybridized carbons (Fsp3) is 0.138. The minimum Gasteiger partial charge on any atom is -0.478 e. The highest BCUT2D eigenvalue weighted by molar-refractivity contribution is 6.09. The second kappa shape index (κ2) is 10.8. The van der Waals surface area contributed by atoms with Crippen molar-refractivity contribution in [3.05, 3.63) is 82.9 Å². The minimum atomic E-state index is -1.39. The quantitative estimate of drug-likeness (QED) is 0.137. The molecule has 0 saturated heterocycles. The summed E-state index contributed by atoms with van der Waals surface area (Å²) in [5.74, 6) is -4.48. The van der Waals surface area contributed by atoms with Gasteiger partial charge in [0.1, 0.15) is 11.8 Å². The Morgan fingerprint density at radius 3 is 2.18 bits per heavy atom. The van der Waals surface area contributed by atoms with E-state index in [-0.39, 0.29) is 35.3 Å². The zero-order chi connectivity index (χ0) is 27.4. The highest BCUT2D eigenvalue weighted by atomic mass is 16.5. The molecule has 0 saturated carbocycles. The Balaban J connectivity index is 1.50. The number of nitrogens with zero attached hydrogens (tertiary/aromatic N) is 2. The Kier molecular flexibility index (Phi) is 7.35. The molecule has 1 aromatic heterocycles. The lowest BCUT2D eigenvalue weighted by molar-refractivity contribution is -0.135. The number of fused-ring (bicyclic) bond motifs is 3. The molecule has 0 amide bonds. The number of nitriles is 1. The van der Waals surface area contributed by atoms with Gasteiger partial charge in [-0.25, -0.2) is 9.59 Å². The van der Waals surface area contributed by atoms with Crippen LogP contribution in [0.3, 0.4) is 0 Å². The molecular weight excluding hydrogens is 488 g/mol.